The summed E-state index contributed by atoms with van der Waals surface area (Å²) >= 11 is 0. The van der Waals surface area contributed by atoms with Crippen LogP contribution in [0.1, 0.15) is 17.0 Å². The summed E-state index contributed by atoms with van der Waals surface area (Å²) in [5.41, 5.74) is 1.91. The van der Waals surface area contributed by atoms with Crippen molar-refractivity contribution in [1.82, 2.24) is 10.2 Å². The molecule has 1 aliphatic heterocycles. The molecule has 4 rings (SSSR count). The van der Waals surface area contributed by atoms with E-state index in [0.717, 1.165) is 11.1 Å². The maximum atomic E-state index is 13.0. The number of carbonyl (C=O) groups excluding carboxylic acids is 2. The molecule has 1 aliphatic carbocycles. The molecule has 2 aliphatic rings. The van der Waals surface area contributed by atoms with Gasteiger partial charge < -0.3 is 34.3 Å². The van der Waals surface area contributed by atoms with Crippen LogP contribution < -0.4 is 10.1 Å². The van der Waals surface area contributed by atoms with E-state index in [2.05, 4.69) is 5.32 Å². The van der Waals surface area contributed by atoms with Crippen molar-refractivity contribution in [1.29, 1.82) is 0 Å². The van der Waals surface area contributed by atoms with E-state index in [0.29, 0.717) is 11.3 Å². The molecule has 1 aromatic carbocycles. The van der Waals surface area contributed by atoms with Gasteiger partial charge in [-0.2, -0.15) is 0 Å². The maximum Gasteiger partial charge on any atom is 0.249 e. The largest absolute Gasteiger partial charge is 0.486 e. The number of hydrogen-bond acceptors (Lipinski definition) is 7. The van der Waals surface area contributed by atoms with Gasteiger partial charge in [0.1, 0.15) is 24.6 Å². The molecule has 1 aromatic heterocycles. The number of hydrogen-bond donors (Lipinski definition) is 3. The van der Waals surface area contributed by atoms with E-state index >= 15 is 0 Å². The normalized spacial score (nSPS) is 23.5. The van der Waals surface area contributed by atoms with E-state index in [1.165, 1.54) is 24.5 Å². The summed E-state index contributed by atoms with van der Waals surface area (Å²) in [4.78, 5) is 27.4. The third kappa shape index (κ3) is 4.14. The predicted molar refractivity (Wildman–Crippen MR) is 113 cm³/mol. The van der Waals surface area contributed by atoms with Crippen LogP contribution in [0, 0.1) is 0 Å². The molecule has 0 saturated carbocycles. The van der Waals surface area contributed by atoms with Crippen LogP contribution >= 0.6 is 0 Å². The highest BCUT2D eigenvalue weighted by atomic mass is 16.5. The van der Waals surface area contributed by atoms with Crippen LogP contribution in [0.25, 0.3) is 0 Å². The number of nitrogens with zero attached hydrogens (tertiary/aromatic N) is 1. The second kappa shape index (κ2) is 9.56. The van der Waals surface area contributed by atoms with E-state index in [-0.39, 0.29) is 38.1 Å². The fraction of sp³-hybridized carbons (Fsp3) is 0.391. The van der Waals surface area contributed by atoms with E-state index in [1.807, 2.05) is 18.2 Å². The van der Waals surface area contributed by atoms with Gasteiger partial charge in [-0.25, -0.2) is 0 Å². The lowest BCUT2D eigenvalue weighted by molar-refractivity contribution is -0.141. The summed E-state index contributed by atoms with van der Waals surface area (Å²) < 4.78 is 16.2. The van der Waals surface area contributed by atoms with Gasteiger partial charge in [0.25, 0.3) is 0 Å². The lowest BCUT2D eigenvalue weighted by atomic mass is 9.77. The van der Waals surface area contributed by atoms with Gasteiger partial charge in [-0.1, -0.05) is 18.2 Å². The number of para-hydroxylation sites is 1. The lowest BCUT2D eigenvalue weighted by Gasteiger charge is -2.40. The molecule has 2 heterocycles. The number of fused-ring (bicyclic) bond motifs is 3. The van der Waals surface area contributed by atoms with Gasteiger partial charge in [-0.05, 0) is 18.2 Å². The Hall–Kier alpha value is -3.14. The highest BCUT2D eigenvalue weighted by Crippen LogP contribution is 2.47. The number of rotatable bonds is 8. The highest BCUT2D eigenvalue weighted by molar-refractivity contribution is 5.96. The molecule has 0 radical (unpaired) electrons. The summed E-state index contributed by atoms with van der Waals surface area (Å²) in [6.45, 7) is -0.140. The van der Waals surface area contributed by atoms with Gasteiger partial charge in [0, 0.05) is 36.9 Å². The van der Waals surface area contributed by atoms with Crippen LogP contribution in [-0.2, 0) is 20.9 Å². The van der Waals surface area contributed by atoms with Crippen LogP contribution in [0.2, 0.25) is 0 Å². The van der Waals surface area contributed by atoms with Gasteiger partial charge in [-0.15, -0.1) is 0 Å². The molecule has 2 amide bonds. The summed E-state index contributed by atoms with van der Waals surface area (Å²) in [6, 6.07) is 8.21. The Morgan fingerprint density at radius 3 is 2.78 bits per heavy atom. The molecular weight excluding hydrogens is 416 g/mol. The summed E-state index contributed by atoms with van der Waals surface area (Å²) in [7, 11) is 1.42. The minimum absolute atomic E-state index is 0.0879. The monoisotopic (exact) mass is 442 g/mol. The molecule has 32 heavy (non-hydrogen) atoms. The van der Waals surface area contributed by atoms with Crippen LogP contribution in [-0.4, -0.2) is 72.0 Å². The number of amides is 2. The summed E-state index contributed by atoms with van der Waals surface area (Å²) in [5.74, 6) is -0.635. The van der Waals surface area contributed by atoms with Crippen molar-refractivity contribution in [2.24, 2.45) is 0 Å². The number of benzene rings is 1. The highest BCUT2D eigenvalue weighted by Gasteiger charge is 2.50. The SMILES string of the molecule is COCC(=O)N(Cc1ccoc1)[C@@H]1C=C(C(=O)NCCO)[C@@H]2c3ccccc3O[C@@H]2[C@H]1O. The number of nitrogens with one attached hydrogen (secondary N) is 1. The zero-order valence-corrected chi connectivity index (χ0v) is 17.6. The van der Waals surface area contributed by atoms with Crippen molar-refractivity contribution >= 4 is 11.8 Å². The maximum absolute atomic E-state index is 13.0. The number of furan rings is 1. The first-order chi connectivity index (χ1) is 15.5. The van der Waals surface area contributed by atoms with Gasteiger partial charge in [0.15, 0.2) is 0 Å². The van der Waals surface area contributed by atoms with Gasteiger partial charge in [0.05, 0.1) is 31.1 Å². The number of aliphatic hydroxyl groups excluding tert-OH is 2. The first-order valence-electron chi connectivity index (χ1n) is 10.4. The van der Waals surface area contributed by atoms with Gasteiger partial charge in [-0.3, -0.25) is 9.59 Å². The van der Waals surface area contributed by atoms with E-state index in [4.69, 9.17) is 19.0 Å². The first-order valence-corrected chi connectivity index (χ1v) is 10.4. The van der Waals surface area contributed by atoms with Gasteiger partial charge >= 0.3 is 0 Å². The van der Waals surface area contributed by atoms with Crippen LogP contribution in [0.5, 0.6) is 5.75 Å². The quantitative estimate of drug-likeness (QED) is 0.547. The number of ether oxygens (including phenoxy) is 2. The molecule has 9 heteroatoms. The van der Waals surface area contributed by atoms with Crippen molar-refractivity contribution in [3.63, 3.8) is 0 Å². The zero-order chi connectivity index (χ0) is 22.7. The second-order valence-electron chi connectivity index (χ2n) is 7.77. The Bertz CT molecular complexity index is 988. The fourth-order valence-electron chi connectivity index (χ4n) is 4.34. The Balaban J connectivity index is 1.74. The Morgan fingerprint density at radius 1 is 1.25 bits per heavy atom. The Morgan fingerprint density at radius 2 is 2.06 bits per heavy atom. The zero-order valence-electron chi connectivity index (χ0n) is 17.6. The first kappa shape index (κ1) is 22.1. The molecule has 0 unspecified atom stereocenters. The van der Waals surface area contributed by atoms with Crippen molar-refractivity contribution in [2.45, 2.75) is 30.7 Å². The average Bonchev–Trinajstić information content (AvgIpc) is 3.45. The Kier molecular flexibility index (Phi) is 6.59. The number of methoxy groups -OCH3 is 1. The molecule has 170 valence electrons. The van der Waals surface area contributed by atoms with E-state index in [1.54, 1.807) is 18.2 Å². The molecule has 9 nitrogen and oxygen atoms in total. The van der Waals surface area contributed by atoms with Crippen LogP contribution in [0.3, 0.4) is 0 Å². The average molecular weight is 442 g/mol. The topological polar surface area (TPSA) is 121 Å². The number of aliphatic hydroxyl groups is 2. The van der Waals surface area contributed by atoms with Crippen molar-refractivity contribution < 1.29 is 33.7 Å². The van der Waals surface area contributed by atoms with E-state index < -0.39 is 24.2 Å². The smallest absolute Gasteiger partial charge is 0.249 e. The molecule has 3 N–H and O–H groups in total. The summed E-state index contributed by atoms with van der Waals surface area (Å²) in [5, 5.41) is 23.1. The van der Waals surface area contributed by atoms with Crippen LogP contribution in [0.4, 0.5) is 0 Å². The third-order valence-corrected chi connectivity index (χ3v) is 5.76. The molecule has 0 spiro atoms. The molecule has 2 aromatic rings. The van der Waals surface area contributed by atoms with E-state index in [9.17, 15) is 14.7 Å². The predicted octanol–water partition coefficient (Wildman–Crippen LogP) is 0.577. The number of carbonyl (C=O) groups is 2. The standard InChI is InChI=1S/C23H26N2O7/c1-30-13-19(27)25(11-14-6-9-31-12-14)17-10-16(23(29)24-7-8-26)20-15-4-2-3-5-18(15)32-22(20)21(17)28/h2-6,9-10,12,17,20-22,26,28H,7-8,11,13H2,1H3,(H,24,29)/t17-,20+,21+,22+/m1/s1. The third-order valence-electron chi connectivity index (χ3n) is 5.76. The Labute approximate surface area is 185 Å². The molecule has 0 fully saturated rings. The minimum Gasteiger partial charge on any atom is -0.486 e. The molecule has 0 bridgehead atoms. The molecule has 0 saturated heterocycles. The van der Waals surface area contributed by atoms with Crippen LogP contribution in [0.15, 0.2) is 58.9 Å². The van der Waals surface area contributed by atoms with Gasteiger partial charge in [0.2, 0.25) is 11.8 Å². The molecular formula is C23H26N2O7. The van der Waals surface area contributed by atoms with Crippen molar-refractivity contribution in [3.05, 3.63) is 65.6 Å². The van der Waals surface area contributed by atoms with Crippen molar-refractivity contribution in [3.8, 4) is 5.75 Å². The van der Waals surface area contributed by atoms with Crippen molar-refractivity contribution in [2.75, 3.05) is 26.9 Å². The summed E-state index contributed by atoms with van der Waals surface area (Å²) in [6.07, 6.45) is 2.81. The lowest BCUT2D eigenvalue weighted by Crippen LogP contribution is -2.56. The second-order valence-corrected chi connectivity index (χ2v) is 7.77. The molecule has 4 atom stereocenters. The fourth-order valence-corrected chi connectivity index (χ4v) is 4.34. The minimum atomic E-state index is -1.09.